The van der Waals surface area contributed by atoms with E-state index < -0.39 is 0 Å². The Morgan fingerprint density at radius 2 is 2.00 bits per heavy atom. The third kappa shape index (κ3) is 5.39. The van der Waals surface area contributed by atoms with Crippen molar-refractivity contribution in [3.63, 3.8) is 0 Å². The van der Waals surface area contributed by atoms with Gasteiger partial charge in [-0.25, -0.2) is 9.97 Å². The largest absolute Gasteiger partial charge is 0.467 e. The number of ether oxygens (including phenoxy) is 1. The van der Waals surface area contributed by atoms with Gasteiger partial charge in [-0.2, -0.15) is 0 Å². The number of carbonyl (C=O) groups is 1. The molecule has 0 unspecified atom stereocenters. The first kappa shape index (κ1) is 18.6. The van der Waals surface area contributed by atoms with Crippen LogP contribution >= 0.6 is 0 Å². The van der Waals surface area contributed by atoms with E-state index in [0.29, 0.717) is 37.0 Å². The summed E-state index contributed by atoms with van der Waals surface area (Å²) in [5, 5.41) is 6.04. The van der Waals surface area contributed by atoms with Gasteiger partial charge < -0.3 is 19.8 Å². The summed E-state index contributed by atoms with van der Waals surface area (Å²) >= 11 is 0. The van der Waals surface area contributed by atoms with Crippen molar-refractivity contribution in [3.8, 4) is 11.4 Å². The van der Waals surface area contributed by atoms with E-state index in [1.807, 2.05) is 42.5 Å². The van der Waals surface area contributed by atoms with E-state index in [1.54, 1.807) is 19.4 Å². The van der Waals surface area contributed by atoms with Crippen molar-refractivity contribution >= 4 is 11.7 Å². The Kier molecular flexibility index (Phi) is 6.54. The molecule has 1 aromatic carbocycles. The fourth-order valence-corrected chi connectivity index (χ4v) is 2.47. The van der Waals surface area contributed by atoms with E-state index in [0.717, 1.165) is 17.7 Å². The van der Waals surface area contributed by atoms with Gasteiger partial charge in [-0.15, -0.1) is 0 Å². The maximum absolute atomic E-state index is 12.5. The summed E-state index contributed by atoms with van der Waals surface area (Å²) in [6.45, 7) is 1.58. The summed E-state index contributed by atoms with van der Waals surface area (Å²) < 4.78 is 10.3. The average Bonchev–Trinajstić information content (AvgIpc) is 3.24. The van der Waals surface area contributed by atoms with Crippen molar-refractivity contribution in [2.75, 3.05) is 25.6 Å². The molecule has 27 heavy (non-hydrogen) atoms. The second kappa shape index (κ2) is 9.49. The Hall–Kier alpha value is -3.19. The zero-order chi connectivity index (χ0) is 18.9. The van der Waals surface area contributed by atoms with Crippen LogP contribution in [0.4, 0.5) is 5.82 Å². The molecule has 0 spiro atoms. The molecule has 0 saturated carbocycles. The highest BCUT2D eigenvalue weighted by Crippen LogP contribution is 2.18. The first-order chi connectivity index (χ1) is 13.3. The molecule has 1 amide bonds. The van der Waals surface area contributed by atoms with Crippen LogP contribution in [0, 0.1) is 0 Å². The van der Waals surface area contributed by atoms with Gasteiger partial charge in [0.1, 0.15) is 17.3 Å². The standard InChI is InChI=1S/C20H22N4O3/c1-26-11-6-10-21-20(25)17-13-18(22-14-16-9-5-12-27-16)24-19(23-17)15-7-3-2-4-8-15/h2-5,7-9,12-13H,6,10-11,14H2,1H3,(H,21,25)(H,22,23,24). The minimum absolute atomic E-state index is 0.244. The Labute approximate surface area is 157 Å². The molecule has 0 aliphatic carbocycles. The van der Waals surface area contributed by atoms with Crippen LogP contribution in [-0.4, -0.2) is 36.1 Å². The topological polar surface area (TPSA) is 89.3 Å². The maximum Gasteiger partial charge on any atom is 0.270 e. The fraction of sp³-hybridized carbons (Fsp3) is 0.250. The van der Waals surface area contributed by atoms with Crippen LogP contribution in [0.25, 0.3) is 11.4 Å². The van der Waals surface area contributed by atoms with Gasteiger partial charge >= 0.3 is 0 Å². The van der Waals surface area contributed by atoms with Crippen molar-refractivity contribution < 1.29 is 13.9 Å². The Morgan fingerprint density at radius 3 is 2.74 bits per heavy atom. The third-order valence-electron chi connectivity index (χ3n) is 3.83. The summed E-state index contributed by atoms with van der Waals surface area (Å²) in [4.78, 5) is 21.4. The van der Waals surface area contributed by atoms with Crippen LogP contribution in [0.1, 0.15) is 22.7 Å². The van der Waals surface area contributed by atoms with E-state index in [4.69, 9.17) is 9.15 Å². The molecule has 140 valence electrons. The number of furan rings is 1. The summed E-state index contributed by atoms with van der Waals surface area (Å²) in [5.74, 6) is 1.58. The molecule has 0 bridgehead atoms. The Morgan fingerprint density at radius 1 is 1.15 bits per heavy atom. The number of anilines is 1. The number of rotatable bonds is 9. The molecular formula is C20H22N4O3. The second-order valence-corrected chi connectivity index (χ2v) is 5.86. The van der Waals surface area contributed by atoms with E-state index >= 15 is 0 Å². The molecule has 0 fully saturated rings. The van der Waals surface area contributed by atoms with Crippen molar-refractivity contribution in [1.82, 2.24) is 15.3 Å². The number of benzene rings is 1. The normalized spacial score (nSPS) is 10.6. The maximum atomic E-state index is 12.5. The number of nitrogens with zero attached hydrogens (tertiary/aromatic N) is 2. The summed E-state index contributed by atoms with van der Waals surface area (Å²) in [5.41, 5.74) is 1.15. The first-order valence-corrected chi connectivity index (χ1v) is 8.74. The molecule has 0 aliphatic heterocycles. The van der Waals surface area contributed by atoms with Gasteiger partial charge in [-0.05, 0) is 18.6 Å². The minimum atomic E-state index is -0.244. The molecule has 3 rings (SSSR count). The highest BCUT2D eigenvalue weighted by molar-refractivity contribution is 5.93. The molecule has 0 atom stereocenters. The summed E-state index contributed by atoms with van der Waals surface area (Å²) in [7, 11) is 1.63. The number of hydrogen-bond acceptors (Lipinski definition) is 6. The number of methoxy groups -OCH3 is 1. The average molecular weight is 366 g/mol. The highest BCUT2D eigenvalue weighted by atomic mass is 16.5. The molecule has 2 heterocycles. The van der Waals surface area contributed by atoms with Crippen molar-refractivity contribution in [2.45, 2.75) is 13.0 Å². The van der Waals surface area contributed by atoms with Crippen LogP contribution in [0.2, 0.25) is 0 Å². The lowest BCUT2D eigenvalue weighted by Crippen LogP contribution is -2.26. The fourth-order valence-electron chi connectivity index (χ4n) is 2.47. The predicted molar refractivity (Wildman–Crippen MR) is 102 cm³/mol. The minimum Gasteiger partial charge on any atom is -0.467 e. The Bertz CT molecular complexity index is 851. The lowest BCUT2D eigenvalue weighted by atomic mass is 10.2. The van der Waals surface area contributed by atoms with Gasteiger partial charge in [0.05, 0.1) is 12.8 Å². The molecule has 2 aromatic heterocycles. The van der Waals surface area contributed by atoms with Crippen LogP contribution in [-0.2, 0) is 11.3 Å². The molecule has 7 heteroatoms. The summed E-state index contributed by atoms with van der Waals surface area (Å²) in [6.07, 6.45) is 2.35. The van der Waals surface area contributed by atoms with Gasteiger partial charge in [0, 0.05) is 31.9 Å². The van der Waals surface area contributed by atoms with Crippen LogP contribution < -0.4 is 10.6 Å². The van der Waals surface area contributed by atoms with Crippen LogP contribution in [0.5, 0.6) is 0 Å². The summed E-state index contributed by atoms with van der Waals surface area (Å²) in [6, 6.07) is 14.9. The number of aromatic nitrogens is 2. The van der Waals surface area contributed by atoms with Crippen LogP contribution in [0.3, 0.4) is 0 Å². The molecule has 2 N–H and O–H groups in total. The first-order valence-electron chi connectivity index (χ1n) is 8.74. The molecule has 0 aliphatic rings. The molecular weight excluding hydrogens is 344 g/mol. The zero-order valence-corrected chi connectivity index (χ0v) is 15.1. The zero-order valence-electron chi connectivity index (χ0n) is 15.1. The van der Waals surface area contributed by atoms with Crippen molar-refractivity contribution in [1.29, 1.82) is 0 Å². The highest BCUT2D eigenvalue weighted by Gasteiger charge is 2.13. The number of nitrogens with one attached hydrogen (secondary N) is 2. The molecule has 3 aromatic rings. The lowest BCUT2D eigenvalue weighted by Gasteiger charge is -2.10. The number of hydrogen-bond donors (Lipinski definition) is 2. The van der Waals surface area contributed by atoms with Crippen molar-refractivity contribution in [3.05, 3.63) is 66.2 Å². The van der Waals surface area contributed by atoms with E-state index in [2.05, 4.69) is 20.6 Å². The molecule has 0 radical (unpaired) electrons. The Balaban J connectivity index is 1.80. The second-order valence-electron chi connectivity index (χ2n) is 5.86. The van der Waals surface area contributed by atoms with E-state index in [-0.39, 0.29) is 5.91 Å². The van der Waals surface area contributed by atoms with E-state index in [1.165, 1.54) is 0 Å². The monoisotopic (exact) mass is 366 g/mol. The van der Waals surface area contributed by atoms with Crippen molar-refractivity contribution in [2.24, 2.45) is 0 Å². The number of carbonyl (C=O) groups excluding carboxylic acids is 1. The van der Waals surface area contributed by atoms with Gasteiger partial charge in [-0.3, -0.25) is 4.79 Å². The molecule has 7 nitrogen and oxygen atoms in total. The molecule has 0 saturated heterocycles. The quantitative estimate of drug-likeness (QED) is 0.566. The van der Waals surface area contributed by atoms with Crippen LogP contribution in [0.15, 0.2) is 59.2 Å². The lowest BCUT2D eigenvalue weighted by molar-refractivity contribution is 0.0943. The SMILES string of the molecule is COCCCNC(=O)c1cc(NCc2ccco2)nc(-c2ccccc2)n1. The third-order valence-corrected chi connectivity index (χ3v) is 3.83. The van der Waals surface area contributed by atoms with Gasteiger partial charge in [0.15, 0.2) is 5.82 Å². The smallest absolute Gasteiger partial charge is 0.270 e. The van der Waals surface area contributed by atoms with Gasteiger partial charge in [-0.1, -0.05) is 30.3 Å². The van der Waals surface area contributed by atoms with Gasteiger partial charge in [0.25, 0.3) is 5.91 Å². The predicted octanol–water partition coefficient (Wildman–Crippen LogP) is 3.12. The number of amides is 1. The van der Waals surface area contributed by atoms with Gasteiger partial charge in [0.2, 0.25) is 0 Å². The van der Waals surface area contributed by atoms with E-state index in [9.17, 15) is 4.79 Å².